The Morgan fingerprint density at radius 2 is 1.95 bits per heavy atom. The van der Waals surface area contributed by atoms with Crippen LogP contribution in [0.5, 0.6) is 0 Å². The summed E-state index contributed by atoms with van der Waals surface area (Å²) >= 11 is 0. The van der Waals surface area contributed by atoms with Crippen molar-refractivity contribution in [3.05, 3.63) is 17.6 Å². The highest BCUT2D eigenvalue weighted by Crippen LogP contribution is 2.26. The average Bonchev–Trinajstić information content (AvgIpc) is 2.70. The standard InChI is InChI=1S/C12H19NO5S/c1-8-5-13(6-9(2)17-8)19(15,16)12-4-11(7-14)18-10(12)3/h4,8-9,14H,5-7H2,1-3H3/t8-,9+. The number of nitrogens with zero attached hydrogens (tertiary/aromatic N) is 1. The lowest BCUT2D eigenvalue weighted by Crippen LogP contribution is -2.48. The molecule has 1 aromatic rings. The molecule has 1 aliphatic rings. The van der Waals surface area contributed by atoms with Crippen molar-refractivity contribution in [2.75, 3.05) is 13.1 Å². The van der Waals surface area contributed by atoms with Gasteiger partial charge in [-0.3, -0.25) is 0 Å². The van der Waals surface area contributed by atoms with E-state index in [-0.39, 0.29) is 29.5 Å². The molecule has 0 spiro atoms. The van der Waals surface area contributed by atoms with Crippen molar-refractivity contribution in [3.63, 3.8) is 0 Å². The summed E-state index contributed by atoms with van der Waals surface area (Å²) in [6.07, 6.45) is -0.272. The molecule has 7 heteroatoms. The quantitative estimate of drug-likeness (QED) is 0.893. The molecule has 1 fully saturated rings. The molecule has 0 unspecified atom stereocenters. The van der Waals surface area contributed by atoms with Gasteiger partial charge in [-0.25, -0.2) is 8.42 Å². The van der Waals surface area contributed by atoms with Crippen LogP contribution in [0.15, 0.2) is 15.4 Å². The van der Waals surface area contributed by atoms with Gasteiger partial charge in [0.05, 0.1) is 12.2 Å². The van der Waals surface area contributed by atoms with Crippen molar-refractivity contribution in [2.45, 2.75) is 44.5 Å². The number of morpholine rings is 1. The molecule has 1 N–H and O–H groups in total. The number of furan rings is 1. The van der Waals surface area contributed by atoms with Gasteiger partial charge < -0.3 is 14.3 Å². The van der Waals surface area contributed by atoms with E-state index in [9.17, 15) is 8.42 Å². The molecule has 2 rings (SSSR count). The van der Waals surface area contributed by atoms with E-state index in [2.05, 4.69) is 0 Å². The minimum atomic E-state index is -3.60. The predicted octanol–water partition coefficient (Wildman–Crippen LogP) is 0.878. The van der Waals surface area contributed by atoms with Crippen LogP contribution >= 0.6 is 0 Å². The summed E-state index contributed by atoms with van der Waals surface area (Å²) in [5, 5.41) is 9.01. The van der Waals surface area contributed by atoms with E-state index in [1.807, 2.05) is 13.8 Å². The number of hydrogen-bond donors (Lipinski definition) is 1. The summed E-state index contributed by atoms with van der Waals surface area (Å²) in [5.74, 6) is 0.557. The highest BCUT2D eigenvalue weighted by molar-refractivity contribution is 7.89. The molecule has 1 aromatic heterocycles. The minimum absolute atomic E-state index is 0.123. The molecule has 0 saturated carbocycles. The van der Waals surface area contributed by atoms with Gasteiger partial charge in [-0.15, -0.1) is 0 Å². The predicted molar refractivity (Wildman–Crippen MR) is 68.1 cm³/mol. The Morgan fingerprint density at radius 1 is 1.37 bits per heavy atom. The Kier molecular flexibility index (Phi) is 4.00. The van der Waals surface area contributed by atoms with Gasteiger partial charge in [0.2, 0.25) is 10.0 Å². The number of hydrogen-bond acceptors (Lipinski definition) is 5. The van der Waals surface area contributed by atoms with E-state index in [4.69, 9.17) is 14.3 Å². The van der Waals surface area contributed by atoms with Crippen molar-refractivity contribution < 1.29 is 22.7 Å². The van der Waals surface area contributed by atoms with E-state index in [0.29, 0.717) is 18.8 Å². The van der Waals surface area contributed by atoms with E-state index in [1.54, 1.807) is 6.92 Å². The molecule has 0 aromatic carbocycles. The van der Waals surface area contributed by atoms with Crippen LogP contribution in [0.2, 0.25) is 0 Å². The lowest BCUT2D eigenvalue weighted by molar-refractivity contribution is -0.0441. The van der Waals surface area contributed by atoms with Crippen LogP contribution < -0.4 is 0 Å². The number of sulfonamides is 1. The van der Waals surface area contributed by atoms with E-state index < -0.39 is 10.0 Å². The second kappa shape index (κ2) is 5.24. The third-order valence-electron chi connectivity index (χ3n) is 3.08. The molecular formula is C12H19NO5S. The average molecular weight is 289 g/mol. The number of aryl methyl sites for hydroxylation is 1. The molecule has 0 radical (unpaired) electrons. The normalized spacial score (nSPS) is 25.7. The van der Waals surface area contributed by atoms with Gasteiger partial charge >= 0.3 is 0 Å². The molecule has 1 saturated heterocycles. The Morgan fingerprint density at radius 3 is 2.42 bits per heavy atom. The lowest BCUT2D eigenvalue weighted by atomic mass is 10.3. The van der Waals surface area contributed by atoms with Crippen molar-refractivity contribution in [2.24, 2.45) is 0 Å². The lowest BCUT2D eigenvalue weighted by Gasteiger charge is -2.34. The Hall–Kier alpha value is -0.890. The summed E-state index contributed by atoms with van der Waals surface area (Å²) in [6.45, 7) is 5.61. The van der Waals surface area contributed by atoms with Gasteiger partial charge in [-0.1, -0.05) is 0 Å². The first-order chi connectivity index (χ1) is 8.84. The van der Waals surface area contributed by atoms with Crippen molar-refractivity contribution in [1.29, 1.82) is 0 Å². The second-order valence-electron chi connectivity index (χ2n) is 4.87. The fourth-order valence-corrected chi connectivity index (χ4v) is 4.10. The van der Waals surface area contributed by atoms with Gasteiger partial charge in [0.15, 0.2) is 0 Å². The fourth-order valence-electron chi connectivity index (χ4n) is 2.32. The number of aliphatic hydroxyl groups excluding tert-OH is 1. The van der Waals surface area contributed by atoms with Gasteiger partial charge in [-0.2, -0.15) is 4.31 Å². The van der Waals surface area contributed by atoms with E-state index in [0.717, 1.165) is 0 Å². The summed E-state index contributed by atoms with van der Waals surface area (Å²) < 4.78 is 37.3. The number of rotatable bonds is 3. The van der Waals surface area contributed by atoms with E-state index in [1.165, 1.54) is 10.4 Å². The van der Waals surface area contributed by atoms with Crippen LogP contribution in [0.4, 0.5) is 0 Å². The maximum atomic E-state index is 12.6. The highest BCUT2D eigenvalue weighted by atomic mass is 32.2. The smallest absolute Gasteiger partial charge is 0.246 e. The van der Waals surface area contributed by atoms with Crippen molar-refractivity contribution in [3.8, 4) is 0 Å². The molecular weight excluding hydrogens is 270 g/mol. The fraction of sp³-hybridized carbons (Fsp3) is 0.667. The molecule has 0 bridgehead atoms. The maximum absolute atomic E-state index is 12.6. The Balaban J connectivity index is 2.33. The maximum Gasteiger partial charge on any atom is 0.246 e. The Labute approximate surface area is 113 Å². The minimum Gasteiger partial charge on any atom is -0.462 e. The van der Waals surface area contributed by atoms with Gasteiger partial charge in [0.25, 0.3) is 0 Å². The Bertz CT molecular complexity index is 540. The largest absolute Gasteiger partial charge is 0.462 e. The topological polar surface area (TPSA) is 80.0 Å². The number of aliphatic hydroxyl groups is 1. The van der Waals surface area contributed by atoms with Crippen LogP contribution in [-0.4, -0.2) is 43.1 Å². The third-order valence-corrected chi connectivity index (χ3v) is 5.02. The van der Waals surface area contributed by atoms with Crippen LogP contribution in [0, 0.1) is 6.92 Å². The highest BCUT2D eigenvalue weighted by Gasteiger charge is 2.34. The summed E-state index contributed by atoms with van der Waals surface area (Å²) in [5.41, 5.74) is 0. The molecule has 6 nitrogen and oxygen atoms in total. The first-order valence-corrected chi connectivity index (χ1v) is 7.64. The van der Waals surface area contributed by atoms with Crippen molar-refractivity contribution in [1.82, 2.24) is 4.31 Å². The summed E-state index contributed by atoms with van der Waals surface area (Å²) in [6, 6.07) is 1.38. The zero-order valence-electron chi connectivity index (χ0n) is 11.3. The monoisotopic (exact) mass is 289 g/mol. The summed E-state index contributed by atoms with van der Waals surface area (Å²) in [4.78, 5) is 0.123. The third kappa shape index (κ3) is 2.84. The van der Waals surface area contributed by atoms with Gasteiger partial charge in [-0.05, 0) is 20.8 Å². The SMILES string of the molecule is Cc1oc(CO)cc1S(=O)(=O)N1C[C@@H](C)O[C@@H](C)C1. The van der Waals surface area contributed by atoms with Crippen LogP contribution in [0.1, 0.15) is 25.4 Å². The molecule has 19 heavy (non-hydrogen) atoms. The van der Waals surface area contributed by atoms with E-state index >= 15 is 0 Å². The van der Waals surface area contributed by atoms with Crippen LogP contribution in [0.25, 0.3) is 0 Å². The van der Waals surface area contributed by atoms with Crippen molar-refractivity contribution >= 4 is 10.0 Å². The molecule has 2 atom stereocenters. The molecule has 1 aliphatic heterocycles. The number of ether oxygens (including phenoxy) is 1. The molecule has 2 heterocycles. The van der Waals surface area contributed by atoms with Gasteiger partial charge in [0.1, 0.15) is 23.0 Å². The zero-order chi connectivity index (χ0) is 14.2. The van der Waals surface area contributed by atoms with Crippen LogP contribution in [-0.2, 0) is 21.4 Å². The first-order valence-electron chi connectivity index (χ1n) is 6.20. The molecule has 108 valence electrons. The second-order valence-corrected chi connectivity index (χ2v) is 6.78. The van der Waals surface area contributed by atoms with Gasteiger partial charge in [0, 0.05) is 19.2 Å². The molecule has 0 amide bonds. The first kappa shape index (κ1) is 14.5. The zero-order valence-corrected chi connectivity index (χ0v) is 12.1. The molecule has 0 aliphatic carbocycles. The summed E-state index contributed by atoms with van der Waals surface area (Å²) in [7, 11) is -3.60. The van der Waals surface area contributed by atoms with Crippen LogP contribution in [0.3, 0.4) is 0 Å².